The van der Waals surface area contributed by atoms with Gasteiger partial charge in [-0.3, -0.25) is 4.79 Å². The Labute approximate surface area is 139 Å². The normalized spacial score (nSPS) is 18.5. The van der Waals surface area contributed by atoms with E-state index in [-0.39, 0.29) is 5.91 Å². The van der Waals surface area contributed by atoms with Crippen molar-refractivity contribution in [2.75, 3.05) is 18.4 Å². The maximum Gasteiger partial charge on any atom is 0.274 e. The van der Waals surface area contributed by atoms with E-state index < -0.39 is 5.66 Å². The number of carbonyl (C=O) groups is 1. The number of hydrogen-bond donors (Lipinski definition) is 2. The van der Waals surface area contributed by atoms with Crippen LogP contribution in [0.4, 0.5) is 5.69 Å². The Bertz CT molecular complexity index is 796. The van der Waals surface area contributed by atoms with Crippen LogP contribution in [0.25, 0.3) is 0 Å². The highest BCUT2D eigenvalue weighted by Gasteiger charge is 2.39. The first-order chi connectivity index (χ1) is 11.7. The number of nitrogens with two attached hydrogens (primary N) is 1. The fourth-order valence-electron chi connectivity index (χ4n) is 3.28. The number of fused-ring (bicyclic) bond motifs is 1. The number of piperidine rings is 1. The zero-order valence-electron chi connectivity index (χ0n) is 13.1. The minimum atomic E-state index is -0.433. The maximum absolute atomic E-state index is 12.5. The molecule has 0 saturated carbocycles. The summed E-state index contributed by atoms with van der Waals surface area (Å²) in [6.45, 7) is 1.20. The molecule has 2 aliphatic rings. The molecule has 1 amide bonds. The Morgan fingerprint density at radius 1 is 1.17 bits per heavy atom. The topological polar surface area (TPSA) is 96.5 Å². The number of aliphatic imine (C=N–C) groups is 1. The summed E-state index contributed by atoms with van der Waals surface area (Å²) in [5.41, 5.74) is 8.02. The van der Waals surface area contributed by atoms with E-state index in [1.54, 1.807) is 23.2 Å². The van der Waals surface area contributed by atoms with Gasteiger partial charge in [0.25, 0.3) is 5.91 Å². The number of likely N-dealkylation sites (tertiary alicyclic amines) is 1. The molecule has 2 aromatic rings. The molecule has 1 saturated heterocycles. The van der Waals surface area contributed by atoms with Crippen molar-refractivity contribution in [3.05, 3.63) is 53.9 Å². The molecular formula is C17H18N6O. The molecule has 1 spiro atoms. The van der Waals surface area contributed by atoms with Crippen molar-refractivity contribution in [2.45, 2.75) is 18.5 Å². The molecule has 0 bridgehead atoms. The van der Waals surface area contributed by atoms with Gasteiger partial charge >= 0.3 is 0 Å². The van der Waals surface area contributed by atoms with Gasteiger partial charge in [-0.05, 0) is 24.3 Å². The lowest BCUT2D eigenvalue weighted by Crippen LogP contribution is -2.52. The highest BCUT2D eigenvalue weighted by Crippen LogP contribution is 2.34. The second-order valence-electron chi connectivity index (χ2n) is 6.10. The zero-order chi connectivity index (χ0) is 16.6. The molecule has 24 heavy (non-hydrogen) atoms. The number of carbonyl (C=O) groups excluding carboxylic acids is 1. The van der Waals surface area contributed by atoms with E-state index >= 15 is 0 Å². The van der Waals surface area contributed by atoms with Crippen LogP contribution in [0.15, 0.2) is 47.6 Å². The van der Waals surface area contributed by atoms with Gasteiger partial charge < -0.3 is 16.0 Å². The van der Waals surface area contributed by atoms with Crippen LogP contribution in [0.5, 0.6) is 0 Å². The third kappa shape index (κ3) is 2.47. The standard InChI is InChI=1S/C17H18N6O/c18-15-12-4-1-2-5-13(12)20-17(21-15)7-10-23(11-8-17)16(24)14-6-3-9-19-22-14/h1-6,9,20H,7-8,10-11H2,(H2,18,21). The lowest BCUT2D eigenvalue weighted by Gasteiger charge is -2.42. The van der Waals surface area contributed by atoms with Gasteiger partial charge in [0.1, 0.15) is 11.5 Å². The largest absolute Gasteiger partial charge is 0.383 e. The van der Waals surface area contributed by atoms with Gasteiger partial charge in [0, 0.05) is 43.4 Å². The first-order valence-corrected chi connectivity index (χ1v) is 7.97. The molecule has 0 radical (unpaired) electrons. The summed E-state index contributed by atoms with van der Waals surface area (Å²) in [5, 5.41) is 11.2. The molecule has 7 heteroatoms. The summed E-state index contributed by atoms with van der Waals surface area (Å²) < 4.78 is 0. The Kier molecular flexibility index (Phi) is 3.41. The van der Waals surface area contributed by atoms with E-state index in [9.17, 15) is 4.79 Å². The molecule has 3 heterocycles. The van der Waals surface area contributed by atoms with Gasteiger partial charge in [-0.2, -0.15) is 5.10 Å². The van der Waals surface area contributed by atoms with Crippen molar-refractivity contribution in [1.82, 2.24) is 15.1 Å². The quantitative estimate of drug-likeness (QED) is 0.823. The molecule has 122 valence electrons. The third-order valence-electron chi connectivity index (χ3n) is 4.57. The molecule has 1 fully saturated rings. The van der Waals surface area contributed by atoms with Crippen LogP contribution in [0.2, 0.25) is 0 Å². The average Bonchev–Trinajstić information content (AvgIpc) is 2.62. The van der Waals surface area contributed by atoms with E-state index in [1.807, 2.05) is 24.3 Å². The van der Waals surface area contributed by atoms with Gasteiger partial charge in [-0.15, -0.1) is 5.10 Å². The van der Waals surface area contributed by atoms with E-state index in [2.05, 4.69) is 15.5 Å². The highest BCUT2D eigenvalue weighted by atomic mass is 16.2. The molecule has 2 aliphatic heterocycles. The van der Waals surface area contributed by atoms with E-state index in [0.29, 0.717) is 37.5 Å². The maximum atomic E-state index is 12.5. The van der Waals surface area contributed by atoms with Gasteiger partial charge in [-0.1, -0.05) is 12.1 Å². The number of rotatable bonds is 1. The Hall–Kier alpha value is -2.96. The van der Waals surface area contributed by atoms with Crippen LogP contribution in [-0.2, 0) is 0 Å². The van der Waals surface area contributed by atoms with E-state index in [0.717, 1.165) is 11.3 Å². The lowest BCUT2D eigenvalue weighted by molar-refractivity contribution is 0.0678. The Morgan fingerprint density at radius 3 is 2.71 bits per heavy atom. The molecule has 0 atom stereocenters. The summed E-state index contributed by atoms with van der Waals surface area (Å²) in [4.78, 5) is 19.0. The number of nitrogens with one attached hydrogen (secondary N) is 1. The SMILES string of the molecule is NC1=NC2(CCN(C(=O)c3cccnn3)CC2)Nc2ccccc21. The van der Waals surface area contributed by atoms with E-state index in [4.69, 9.17) is 10.7 Å². The number of benzene rings is 1. The third-order valence-corrected chi connectivity index (χ3v) is 4.57. The fraction of sp³-hybridized carbons (Fsp3) is 0.294. The fourth-order valence-corrected chi connectivity index (χ4v) is 3.28. The average molecular weight is 322 g/mol. The van der Waals surface area contributed by atoms with Gasteiger partial charge in [-0.25, -0.2) is 4.99 Å². The van der Waals surface area contributed by atoms with Crippen LogP contribution in [-0.4, -0.2) is 45.6 Å². The van der Waals surface area contributed by atoms with Crippen molar-refractivity contribution in [3.8, 4) is 0 Å². The summed E-state index contributed by atoms with van der Waals surface area (Å²) in [6, 6.07) is 11.3. The van der Waals surface area contributed by atoms with Crippen molar-refractivity contribution in [3.63, 3.8) is 0 Å². The summed E-state index contributed by atoms with van der Waals surface area (Å²) >= 11 is 0. The second kappa shape index (κ2) is 5.59. The second-order valence-corrected chi connectivity index (χ2v) is 6.10. The number of anilines is 1. The van der Waals surface area contributed by atoms with Crippen LogP contribution >= 0.6 is 0 Å². The summed E-state index contributed by atoms with van der Waals surface area (Å²) in [7, 11) is 0. The predicted octanol–water partition coefficient (Wildman–Crippen LogP) is 1.24. The molecule has 0 aliphatic carbocycles. The minimum absolute atomic E-state index is 0.0916. The Balaban J connectivity index is 1.51. The highest BCUT2D eigenvalue weighted by molar-refractivity contribution is 6.04. The number of nitrogens with zero attached hydrogens (tertiary/aromatic N) is 4. The van der Waals surface area contributed by atoms with E-state index in [1.165, 1.54) is 0 Å². The van der Waals surface area contributed by atoms with Crippen LogP contribution in [0, 0.1) is 0 Å². The van der Waals surface area contributed by atoms with Crippen LogP contribution in [0.3, 0.4) is 0 Å². The number of hydrogen-bond acceptors (Lipinski definition) is 6. The van der Waals surface area contributed by atoms with Crippen LogP contribution < -0.4 is 11.1 Å². The Morgan fingerprint density at radius 2 is 1.96 bits per heavy atom. The van der Waals surface area contributed by atoms with Gasteiger partial charge in [0.15, 0.2) is 5.69 Å². The van der Waals surface area contributed by atoms with Gasteiger partial charge in [0.05, 0.1) is 0 Å². The molecule has 0 unspecified atom stereocenters. The zero-order valence-corrected chi connectivity index (χ0v) is 13.1. The first kappa shape index (κ1) is 14.6. The monoisotopic (exact) mass is 322 g/mol. The first-order valence-electron chi connectivity index (χ1n) is 7.97. The van der Waals surface area contributed by atoms with Crippen molar-refractivity contribution >= 4 is 17.4 Å². The molecular weight excluding hydrogens is 304 g/mol. The number of amidine groups is 1. The number of aromatic nitrogens is 2. The lowest BCUT2D eigenvalue weighted by atomic mass is 9.93. The summed E-state index contributed by atoms with van der Waals surface area (Å²) in [5.74, 6) is 0.462. The van der Waals surface area contributed by atoms with Crippen molar-refractivity contribution in [2.24, 2.45) is 10.7 Å². The summed E-state index contributed by atoms with van der Waals surface area (Å²) in [6.07, 6.45) is 2.96. The smallest absolute Gasteiger partial charge is 0.274 e. The minimum Gasteiger partial charge on any atom is -0.383 e. The van der Waals surface area contributed by atoms with Crippen molar-refractivity contribution in [1.29, 1.82) is 0 Å². The molecule has 3 N–H and O–H groups in total. The van der Waals surface area contributed by atoms with Crippen LogP contribution in [0.1, 0.15) is 28.9 Å². The van der Waals surface area contributed by atoms with Crippen molar-refractivity contribution < 1.29 is 4.79 Å². The number of para-hydroxylation sites is 1. The number of amides is 1. The molecule has 1 aromatic heterocycles. The molecule has 7 nitrogen and oxygen atoms in total. The molecule has 1 aromatic carbocycles. The predicted molar refractivity (Wildman–Crippen MR) is 90.7 cm³/mol. The molecule has 4 rings (SSSR count). The van der Waals surface area contributed by atoms with Gasteiger partial charge in [0.2, 0.25) is 0 Å².